The number of carbonyl (C=O) groups excluding carboxylic acids is 3. The minimum Gasteiger partial charge on any atom is -0.462 e. The van der Waals surface area contributed by atoms with E-state index >= 15 is 0 Å². The normalized spacial score (nSPS) is 12.6. The smallest absolute Gasteiger partial charge is 0.306 e. The van der Waals surface area contributed by atoms with Crippen LogP contribution in [0.4, 0.5) is 0 Å². The fraction of sp³-hybridized carbons (Fsp3) is 0.741. The second kappa shape index (κ2) is 52.5. The monoisotopic (exact) mass is 893 g/mol. The van der Waals surface area contributed by atoms with Crippen LogP contribution in [0.2, 0.25) is 0 Å². The Morgan fingerprint density at radius 3 is 0.953 bits per heavy atom. The molecule has 0 bridgehead atoms. The molecule has 64 heavy (non-hydrogen) atoms. The highest BCUT2D eigenvalue weighted by molar-refractivity contribution is 5.71. The summed E-state index contributed by atoms with van der Waals surface area (Å²) in [6.07, 6.45) is 66.1. The van der Waals surface area contributed by atoms with Crippen LogP contribution in [-0.4, -0.2) is 37.2 Å². The number of rotatable bonds is 48. The molecule has 6 heteroatoms. The molecule has 0 radical (unpaired) electrons. The first kappa shape index (κ1) is 60.9. The van der Waals surface area contributed by atoms with Crippen LogP contribution in [0.25, 0.3) is 0 Å². The zero-order chi connectivity index (χ0) is 46.5. The maximum atomic E-state index is 12.8. The van der Waals surface area contributed by atoms with Crippen molar-refractivity contribution in [3.63, 3.8) is 0 Å². The van der Waals surface area contributed by atoms with E-state index in [9.17, 15) is 14.4 Å². The molecule has 0 saturated carbocycles. The topological polar surface area (TPSA) is 78.9 Å². The van der Waals surface area contributed by atoms with Crippen molar-refractivity contribution < 1.29 is 28.6 Å². The molecule has 1 unspecified atom stereocenters. The number of hydrogen-bond donors (Lipinski definition) is 0. The predicted octanol–water partition coefficient (Wildman–Crippen LogP) is 17.8. The average molecular weight is 893 g/mol. The third kappa shape index (κ3) is 49.9. The van der Waals surface area contributed by atoms with Gasteiger partial charge in [0.15, 0.2) is 6.10 Å². The fourth-order valence-electron chi connectivity index (χ4n) is 7.45. The summed E-state index contributed by atoms with van der Waals surface area (Å²) in [4.78, 5) is 37.9. The van der Waals surface area contributed by atoms with Crippen LogP contribution < -0.4 is 0 Å². The Hall–Kier alpha value is -3.15. The Labute approximate surface area is 395 Å². The molecule has 0 aliphatic heterocycles. The SMILES string of the molecule is CC/C=C\C/C=C\C/C=C\C/C=C\C/C=C\C/C=C\CCCCCCCCC(=O)OCC(COC(=O)CCCCCCCCCC)OC(=O)CCCCCCCCCCCCCCC. The molecule has 0 aliphatic carbocycles. The van der Waals surface area contributed by atoms with Gasteiger partial charge in [0.05, 0.1) is 0 Å². The van der Waals surface area contributed by atoms with E-state index < -0.39 is 6.10 Å². The van der Waals surface area contributed by atoms with Crippen LogP contribution in [-0.2, 0) is 28.6 Å². The lowest BCUT2D eigenvalue weighted by Crippen LogP contribution is -2.30. The second-order valence-electron chi connectivity index (χ2n) is 17.8. The maximum absolute atomic E-state index is 12.8. The minimum absolute atomic E-state index is 0.0773. The van der Waals surface area contributed by atoms with Gasteiger partial charge in [-0.25, -0.2) is 0 Å². The molecule has 0 rings (SSSR count). The number of esters is 3. The van der Waals surface area contributed by atoms with Crippen LogP contribution in [0, 0.1) is 0 Å². The van der Waals surface area contributed by atoms with Gasteiger partial charge in [0, 0.05) is 19.3 Å². The Morgan fingerprint density at radius 2 is 0.609 bits per heavy atom. The van der Waals surface area contributed by atoms with Crippen molar-refractivity contribution in [2.45, 2.75) is 264 Å². The van der Waals surface area contributed by atoms with Gasteiger partial charge in [-0.1, -0.05) is 241 Å². The van der Waals surface area contributed by atoms with Crippen LogP contribution >= 0.6 is 0 Å². The van der Waals surface area contributed by atoms with E-state index in [1.54, 1.807) is 0 Å². The summed E-state index contributed by atoms with van der Waals surface area (Å²) < 4.78 is 16.8. The number of allylic oxidation sites excluding steroid dienone is 12. The molecule has 0 aromatic carbocycles. The third-order valence-corrected chi connectivity index (χ3v) is 11.5. The third-order valence-electron chi connectivity index (χ3n) is 11.5. The average Bonchev–Trinajstić information content (AvgIpc) is 3.29. The van der Waals surface area contributed by atoms with E-state index in [4.69, 9.17) is 14.2 Å². The van der Waals surface area contributed by atoms with Gasteiger partial charge in [-0.2, -0.15) is 0 Å². The van der Waals surface area contributed by atoms with Gasteiger partial charge in [-0.05, 0) is 70.6 Å². The molecule has 0 aromatic rings. The molecule has 0 fully saturated rings. The van der Waals surface area contributed by atoms with Gasteiger partial charge in [0.2, 0.25) is 0 Å². The van der Waals surface area contributed by atoms with Crippen LogP contribution in [0.15, 0.2) is 72.9 Å². The predicted molar refractivity (Wildman–Crippen MR) is 274 cm³/mol. The largest absolute Gasteiger partial charge is 0.462 e. The first-order valence-electron chi connectivity index (χ1n) is 26.9. The van der Waals surface area contributed by atoms with Crippen molar-refractivity contribution in [1.29, 1.82) is 0 Å². The summed E-state index contributed by atoms with van der Waals surface area (Å²) in [5.41, 5.74) is 0. The van der Waals surface area contributed by atoms with E-state index in [0.29, 0.717) is 19.3 Å². The highest BCUT2D eigenvalue weighted by Crippen LogP contribution is 2.15. The Bertz CT molecular complexity index is 1210. The summed E-state index contributed by atoms with van der Waals surface area (Å²) >= 11 is 0. The first-order chi connectivity index (χ1) is 31.5. The second-order valence-corrected chi connectivity index (χ2v) is 17.8. The van der Waals surface area contributed by atoms with Gasteiger partial charge < -0.3 is 14.2 Å². The molecule has 0 heterocycles. The molecule has 368 valence electrons. The quantitative estimate of drug-likeness (QED) is 0.0262. The zero-order valence-corrected chi connectivity index (χ0v) is 42.0. The highest BCUT2D eigenvalue weighted by Gasteiger charge is 2.19. The molecule has 6 nitrogen and oxygen atoms in total. The Kier molecular flexibility index (Phi) is 49.9. The summed E-state index contributed by atoms with van der Waals surface area (Å²) in [5.74, 6) is -0.892. The zero-order valence-electron chi connectivity index (χ0n) is 42.0. The highest BCUT2D eigenvalue weighted by atomic mass is 16.6. The van der Waals surface area contributed by atoms with Crippen molar-refractivity contribution in [3.8, 4) is 0 Å². The van der Waals surface area contributed by atoms with Gasteiger partial charge in [0.25, 0.3) is 0 Å². The molecule has 0 spiro atoms. The van der Waals surface area contributed by atoms with Crippen LogP contribution in [0.5, 0.6) is 0 Å². The van der Waals surface area contributed by atoms with Gasteiger partial charge in [-0.15, -0.1) is 0 Å². The fourth-order valence-corrected chi connectivity index (χ4v) is 7.45. The van der Waals surface area contributed by atoms with Crippen LogP contribution in [0.1, 0.15) is 258 Å². The van der Waals surface area contributed by atoms with E-state index in [1.165, 1.54) is 116 Å². The lowest BCUT2D eigenvalue weighted by Gasteiger charge is -2.18. The van der Waals surface area contributed by atoms with Crippen molar-refractivity contribution in [2.75, 3.05) is 13.2 Å². The molecule has 1 atom stereocenters. The van der Waals surface area contributed by atoms with Crippen molar-refractivity contribution in [3.05, 3.63) is 72.9 Å². The molecule has 0 aliphatic rings. The molecule has 0 N–H and O–H groups in total. The molecular formula is C58H100O6. The van der Waals surface area contributed by atoms with Gasteiger partial charge >= 0.3 is 17.9 Å². The van der Waals surface area contributed by atoms with E-state index in [-0.39, 0.29) is 31.1 Å². The Balaban J connectivity index is 4.24. The van der Waals surface area contributed by atoms with Crippen molar-refractivity contribution >= 4 is 17.9 Å². The molecule has 0 saturated heterocycles. The lowest BCUT2D eigenvalue weighted by molar-refractivity contribution is -0.167. The lowest BCUT2D eigenvalue weighted by atomic mass is 10.0. The maximum Gasteiger partial charge on any atom is 0.306 e. The minimum atomic E-state index is -0.776. The van der Waals surface area contributed by atoms with Crippen molar-refractivity contribution in [2.24, 2.45) is 0 Å². The van der Waals surface area contributed by atoms with E-state index in [1.807, 2.05) is 0 Å². The van der Waals surface area contributed by atoms with Crippen LogP contribution in [0.3, 0.4) is 0 Å². The molecular weight excluding hydrogens is 793 g/mol. The van der Waals surface area contributed by atoms with Crippen molar-refractivity contribution in [1.82, 2.24) is 0 Å². The van der Waals surface area contributed by atoms with E-state index in [2.05, 4.69) is 93.7 Å². The number of carbonyl (C=O) groups is 3. The van der Waals surface area contributed by atoms with Gasteiger partial charge in [0.1, 0.15) is 13.2 Å². The summed E-state index contributed by atoms with van der Waals surface area (Å²) in [7, 11) is 0. The molecule has 0 amide bonds. The first-order valence-corrected chi connectivity index (χ1v) is 26.9. The molecule has 0 aromatic heterocycles. The summed E-state index contributed by atoms with van der Waals surface area (Å²) in [5, 5.41) is 0. The number of unbranched alkanes of at least 4 members (excludes halogenated alkanes) is 25. The van der Waals surface area contributed by atoms with E-state index in [0.717, 1.165) is 103 Å². The number of hydrogen-bond acceptors (Lipinski definition) is 6. The summed E-state index contributed by atoms with van der Waals surface area (Å²) in [6, 6.07) is 0. The number of ether oxygens (including phenoxy) is 3. The Morgan fingerprint density at radius 1 is 0.328 bits per heavy atom. The summed E-state index contributed by atoms with van der Waals surface area (Å²) in [6.45, 7) is 6.49. The van der Waals surface area contributed by atoms with Gasteiger partial charge in [-0.3, -0.25) is 14.4 Å². The standard InChI is InChI=1S/C58H100O6/c1-4-7-10-13-16-19-21-23-24-25-26-27-28-29-30-31-32-33-34-36-37-39-42-45-48-51-57(60)63-54-55(53-62-56(59)50-47-44-41-18-15-12-9-6-3)64-58(61)52-49-46-43-40-38-35-22-20-17-14-11-8-5-2/h7,10,16,19,23-24,26-27,29-30,32-33,55H,4-6,8-9,11-15,17-18,20-22,25,28,31,34-54H2,1-3H3/b10-7-,19-16-,24-23-,27-26-,30-29-,33-32-.